The van der Waals surface area contributed by atoms with Crippen LogP contribution in [-0.4, -0.2) is 41.2 Å². The largest absolute Gasteiger partial charge is 0.507 e. The quantitative estimate of drug-likeness (QED) is 0.512. The van der Waals surface area contributed by atoms with Crippen LogP contribution in [0.3, 0.4) is 0 Å². The fraction of sp³-hybridized carbons (Fsp3) is 0.200. The molecule has 31 heavy (non-hydrogen) atoms. The van der Waals surface area contributed by atoms with E-state index in [1.165, 1.54) is 5.69 Å². The Balaban J connectivity index is 1.41. The molecule has 5 rings (SSSR count). The molecule has 4 aromatic rings. The van der Waals surface area contributed by atoms with Crippen molar-refractivity contribution in [2.45, 2.75) is 6.54 Å². The molecule has 6 nitrogen and oxygen atoms in total. The van der Waals surface area contributed by atoms with E-state index in [0.717, 1.165) is 31.6 Å². The van der Waals surface area contributed by atoms with Gasteiger partial charge in [0.1, 0.15) is 11.3 Å². The Hall–Kier alpha value is -3.64. The summed E-state index contributed by atoms with van der Waals surface area (Å²) in [6, 6.07) is 21.0. The Bertz CT molecular complexity index is 1250. The third kappa shape index (κ3) is 3.90. The van der Waals surface area contributed by atoms with Gasteiger partial charge < -0.3 is 14.4 Å². The summed E-state index contributed by atoms with van der Waals surface area (Å²) in [5.41, 5.74) is 2.85. The summed E-state index contributed by atoms with van der Waals surface area (Å²) in [6.07, 6.45) is 1.65. The Labute approximate surface area is 180 Å². The molecule has 156 valence electrons. The third-order valence-corrected chi connectivity index (χ3v) is 5.80. The molecule has 0 atom stereocenters. The molecule has 0 spiro atoms. The van der Waals surface area contributed by atoms with Crippen molar-refractivity contribution in [3.8, 4) is 17.0 Å². The van der Waals surface area contributed by atoms with Crippen LogP contribution in [0.15, 0.2) is 82.1 Å². The van der Waals surface area contributed by atoms with Crippen molar-refractivity contribution in [3.63, 3.8) is 0 Å². The molecule has 0 saturated carbocycles. The van der Waals surface area contributed by atoms with Crippen LogP contribution in [0.1, 0.15) is 5.56 Å². The summed E-state index contributed by atoms with van der Waals surface area (Å²) in [4.78, 5) is 21.6. The Morgan fingerprint density at radius 3 is 2.45 bits per heavy atom. The molecule has 6 heteroatoms. The predicted molar refractivity (Wildman–Crippen MR) is 121 cm³/mol. The highest BCUT2D eigenvalue weighted by Crippen LogP contribution is 2.30. The molecule has 0 amide bonds. The zero-order valence-electron chi connectivity index (χ0n) is 17.1. The highest BCUT2D eigenvalue weighted by atomic mass is 16.4. The third-order valence-electron chi connectivity index (χ3n) is 5.80. The number of phenolic OH excluding ortho intramolecular Hbond substituents is 1. The molecule has 0 unspecified atom stereocenters. The maximum Gasteiger partial charge on any atom is 0.345 e. The van der Waals surface area contributed by atoms with Crippen LogP contribution in [-0.2, 0) is 6.54 Å². The number of phenols is 1. The second-order valence-corrected chi connectivity index (χ2v) is 7.74. The molecule has 0 bridgehead atoms. The molecule has 3 heterocycles. The van der Waals surface area contributed by atoms with E-state index in [9.17, 15) is 9.90 Å². The monoisotopic (exact) mass is 413 g/mol. The number of para-hydroxylation sites is 1. The number of nitrogens with zero attached hydrogens (tertiary/aromatic N) is 3. The smallest absolute Gasteiger partial charge is 0.345 e. The lowest BCUT2D eigenvalue weighted by atomic mass is 10.1. The number of rotatable bonds is 4. The Kier molecular flexibility index (Phi) is 5.14. The summed E-state index contributed by atoms with van der Waals surface area (Å²) < 4.78 is 5.70. The number of anilines is 1. The van der Waals surface area contributed by atoms with Gasteiger partial charge in [0.15, 0.2) is 0 Å². The Morgan fingerprint density at radius 1 is 0.935 bits per heavy atom. The fourth-order valence-corrected chi connectivity index (χ4v) is 4.11. The molecule has 0 radical (unpaired) electrons. The molecule has 1 saturated heterocycles. The van der Waals surface area contributed by atoms with Crippen molar-refractivity contribution in [2.75, 3.05) is 31.1 Å². The van der Waals surface area contributed by atoms with Crippen molar-refractivity contribution in [1.29, 1.82) is 0 Å². The first-order valence-electron chi connectivity index (χ1n) is 10.4. The second kappa shape index (κ2) is 8.24. The van der Waals surface area contributed by atoms with Crippen LogP contribution < -0.4 is 10.5 Å². The number of fused-ring (bicyclic) bond motifs is 1. The van der Waals surface area contributed by atoms with Crippen molar-refractivity contribution < 1.29 is 9.52 Å². The van der Waals surface area contributed by atoms with E-state index < -0.39 is 5.63 Å². The lowest BCUT2D eigenvalue weighted by Crippen LogP contribution is -2.46. The molecular formula is C25H23N3O3. The van der Waals surface area contributed by atoms with Gasteiger partial charge in [0.25, 0.3) is 0 Å². The van der Waals surface area contributed by atoms with Gasteiger partial charge in [-0.2, -0.15) is 0 Å². The summed E-state index contributed by atoms with van der Waals surface area (Å²) >= 11 is 0. The first-order chi connectivity index (χ1) is 15.2. The fourth-order valence-electron chi connectivity index (χ4n) is 4.11. The first-order valence-corrected chi connectivity index (χ1v) is 10.4. The van der Waals surface area contributed by atoms with Crippen LogP contribution in [0, 0.1) is 0 Å². The van der Waals surface area contributed by atoms with Crippen LogP contribution >= 0.6 is 0 Å². The van der Waals surface area contributed by atoms with Gasteiger partial charge in [0.2, 0.25) is 0 Å². The zero-order valence-corrected chi connectivity index (χ0v) is 17.1. The van der Waals surface area contributed by atoms with Gasteiger partial charge in [-0.15, -0.1) is 0 Å². The van der Waals surface area contributed by atoms with Gasteiger partial charge in [0, 0.05) is 50.0 Å². The Morgan fingerprint density at radius 2 is 1.71 bits per heavy atom. The molecule has 1 fully saturated rings. The normalized spacial score (nSPS) is 14.8. The minimum Gasteiger partial charge on any atom is -0.507 e. The summed E-state index contributed by atoms with van der Waals surface area (Å²) in [6.45, 7) is 4.06. The number of aromatic nitrogens is 1. The van der Waals surface area contributed by atoms with Crippen LogP contribution in [0.4, 0.5) is 5.69 Å². The standard InChI is InChI=1S/C25H23N3O3/c29-23-10-9-18-16-20(22-8-4-5-11-26-22)25(30)31-24(18)21(23)17-27-12-14-28(15-13-27)19-6-2-1-3-7-19/h1-11,16,29H,12-15,17H2. The van der Waals surface area contributed by atoms with Crippen LogP contribution in [0.5, 0.6) is 5.75 Å². The topological polar surface area (TPSA) is 69.8 Å². The summed E-state index contributed by atoms with van der Waals surface area (Å²) in [7, 11) is 0. The number of pyridine rings is 1. The number of hydrogen-bond acceptors (Lipinski definition) is 6. The average Bonchev–Trinajstić information content (AvgIpc) is 2.82. The van der Waals surface area contributed by atoms with Gasteiger partial charge in [0.05, 0.1) is 16.8 Å². The summed E-state index contributed by atoms with van der Waals surface area (Å²) in [5.74, 6) is 0.145. The van der Waals surface area contributed by atoms with Crippen LogP contribution in [0.25, 0.3) is 22.2 Å². The lowest BCUT2D eigenvalue weighted by molar-refractivity contribution is 0.246. The van der Waals surface area contributed by atoms with E-state index in [1.54, 1.807) is 36.5 Å². The van der Waals surface area contributed by atoms with Gasteiger partial charge in [-0.3, -0.25) is 9.88 Å². The van der Waals surface area contributed by atoms with E-state index in [2.05, 4.69) is 39.0 Å². The van der Waals surface area contributed by atoms with Crippen molar-refractivity contribution >= 4 is 16.7 Å². The van der Waals surface area contributed by atoms with Crippen molar-refractivity contribution in [1.82, 2.24) is 9.88 Å². The van der Waals surface area contributed by atoms with Gasteiger partial charge in [-0.05, 0) is 42.5 Å². The van der Waals surface area contributed by atoms with Crippen LogP contribution in [0.2, 0.25) is 0 Å². The van der Waals surface area contributed by atoms with Crippen molar-refractivity contribution in [3.05, 3.63) is 88.9 Å². The molecule has 1 N–H and O–H groups in total. The van der Waals surface area contributed by atoms with Gasteiger partial charge >= 0.3 is 5.63 Å². The molecule has 1 aliphatic rings. The predicted octanol–water partition coefficient (Wildman–Crippen LogP) is 3.88. The average molecular weight is 413 g/mol. The second-order valence-electron chi connectivity index (χ2n) is 7.74. The minimum atomic E-state index is -0.452. The minimum absolute atomic E-state index is 0.145. The maximum atomic E-state index is 12.7. The SMILES string of the molecule is O=c1oc2c(CN3CCN(c4ccccc4)CC3)c(O)ccc2cc1-c1ccccn1. The lowest BCUT2D eigenvalue weighted by Gasteiger charge is -2.36. The van der Waals surface area contributed by atoms with Crippen molar-refractivity contribution in [2.24, 2.45) is 0 Å². The zero-order chi connectivity index (χ0) is 21.2. The molecule has 1 aliphatic heterocycles. The number of hydrogen-bond donors (Lipinski definition) is 1. The van der Waals surface area contributed by atoms with Gasteiger partial charge in [-0.1, -0.05) is 24.3 Å². The first kappa shape index (κ1) is 19.3. The summed E-state index contributed by atoms with van der Waals surface area (Å²) in [5, 5.41) is 11.3. The molecule has 2 aromatic heterocycles. The van der Waals surface area contributed by atoms with E-state index in [1.807, 2.05) is 12.1 Å². The van der Waals surface area contributed by atoms with E-state index in [-0.39, 0.29) is 5.75 Å². The van der Waals surface area contributed by atoms with E-state index in [4.69, 9.17) is 4.42 Å². The van der Waals surface area contributed by atoms with Gasteiger partial charge in [-0.25, -0.2) is 4.79 Å². The van der Waals surface area contributed by atoms with E-state index >= 15 is 0 Å². The number of piperazine rings is 1. The highest BCUT2D eigenvalue weighted by molar-refractivity contribution is 5.85. The number of aromatic hydroxyl groups is 1. The molecular weight excluding hydrogens is 390 g/mol. The molecule has 2 aromatic carbocycles. The number of benzene rings is 2. The highest BCUT2D eigenvalue weighted by Gasteiger charge is 2.21. The maximum absolute atomic E-state index is 12.7. The molecule has 0 aliphatic carbocycles. The van der Waals surface area contributed by atoms with E-state index in [0.29, 0.717) is 28.9 Å².